The van der Waals surface area contributed by atoms with Gasteiger partial charge in [-0.3, -0.25) is 24.9 Å². The Labute approximate surface area is 682 Å². The molecule has 10 rings (SSSR count). The summed E-state index contributed by atoms with van der Waals surface area (Å²) in [6.45, 7) is 82.1. The molecule has 10 aromatic rings. The lowest BCUT2D eigenvalue weighted by atomic mass is 10.1. The van der Waals surface area contributed by atoms with Gasteiger partial charge < -0.3 is 0 Å². The molecule has 0 N–H and O–H groups in total. The van der Waals surface area contributed by atoms with E-state index in [1.807, 2.05) is 238 Å². The van der Waals surface area contributed by atoms with Gasteiger partial charge in [-0.1, -0.05) is 297 Å². The Morgan fingerprint density at radius 3 is 0.847 bits per heavy atom. The van der Waals surface area contributed by atoms with Crippen LogP contribution in [0.25, 0.3) is 0 Å². The van der Waals surface area contributed by atoms with Crippen molar-refractivity contribution < 1.29 is 0 Å². The first-order valence-corrected chi connectivity index (χ1v) is 40.7. The number of aromatic nitrogens is 20. The van der Waals surface area contributed by atoms with Crippen molar-refractivity contribution in [2.24, 2.45) is 0 Å². The van der Waals surface area contributed by atoms with Gasteiger partial charge in [-0.05, 0) is 107 Å². The van der Waals surface area contributed by atoms with Gasteiger partial charge in [0, 0.05) is 110 Å². The predicted molar refractivity (Wildman–Crippen MR) is 481 cm³/mol. The van der Waals surface area contributed by atoms with E-state index in [9.17, 15) is 0 Å². The zero-order chi connectivity index (χ0) is 86.9. The highest BCUT2D eigenvalue weighted by Gasteiger charge is 2.03. The fourth-order valence-electron chi connectivity index (χ4n) is 6.26. The Hall–Kier alpha value is -9.20. The monoisotopic (exact) mass is 1540 g/mol. The van der Waals surface area contributed by atoms with Crippen molar-refractivity contribution in [2.75, 3.05) is 0 Å². The molecule has 111 heavy (non-hydrogen) atoms. The van der Waals surface area contributed by atoms with Crippen LogP contribution in [0.2, 0.25) is 0 Å². The van der Waals surface area contributed by atoms with E-state index in [-0.39, 0.29) is 7.43 Å². The molecule has 0 aromatic carbocycles. The molecule has 20 heteroatoms. The lowest BCUT2D eigenvalue weighted by molar-refractivity contribution is 0.735. The van der Waals surface area contributed by atoms with Gasteiger partial charge in [0.1, 0.15) is 37.0 Å². The molecule has 0 spiro atoms. The van der Waals surface area contributed by atoms with Crippen molar-refractivity contribution in [1.82, 2.24) is 100 Å². The van der Waals surface area contributed by atoms with E-state index in [0.29, 0.717) is 59.2 Å². The minimum Gasteiger partial charge on any atom is -0.265 e. The zero-order valence-corrected chi connectivity index (χ0v) is 77.0. The van der Waals surface area contributed by atoms with Crippen molar-refractivity contribution >= 4 is 0 Å². The van der Waals surface area contributed by atoms with E-state index in [1.54, 1.807) is 74.5 Å². The summed E-state index contributed by atoms with van der Waals surface area (Å²) in [6, 6.07) is 21.8. The second kappa shape index (κ2) is 98.8. The number of nitrogens with zero attached hydrogens (tertiary/aromatic N) is 20. The van der Waals surface area contributed by atoms with E-state index in [2.05, 4.69) is 231 Å². The summed E-state index contributed by atoms with van der Waals surface area (Å²) in [6.07, 6.45) is 32.4. The molecule has 0 bridgehead atoms. The molecule has 10 heterocycles. The zero-order valence-electron chi connectivity index (χ0n) is 77.0. The summed E-state index contributed by atoms with van der Waals surface area (Å²) in [5.41, 5.74) is 7.97. The Kier molecular flexibility index (Phi) is 112. The van der Waals surface area contributed by atoms with Crippen molar-refractivity contribution in [3.05, 3.63) is 242 Å². The number of hydrogen-bond donors (Lipinski definition) is 0. The maximum absolute atomic E-state index is 4.18. The summed E-state index contributed by atoms with van der Waals surface area (Å²) >= 11 is 0. The molecule has 628 valence electrons. The second-order valence-electron chi connectivity index (χ2n) is 22.9. The van der Waals surface area contributed by atoms with E-state index in [4.69, 9.17) is 0 Å². The molecule has 0 radical (unpaired) electrons. The van der Waals surface area contributed by atoms with Crippen LogP contribution in [0.3, 0.4) is 0 Å². The molecule has 10 aromatic heterocycles. The maximum Gasteiger partial charge on any atom is 0.153 e. The minimum atomic E-state index is 0. The molecule has 0 unspecified atom stereocenters. The van der Waals surface area contributed by atoms with Crippen LogP contribution < -0.4 is 0 Å². The molecule has 0 aliphatic rings. The maximum atomic E-state index is 4.18. The number of hydrogen-bond acceptors (Lipinski definition) is 20. The summed E-state index contributed by atoms with van der Waals surface area (Å²) in [5.74, 6) is 7.44. The van der Waals surface area contributed by atoms with Crippen molar-refractivity contribution in [3.8, 4) is 0 Å². The first-order chi connectivity index (χ1) is 53.0. The molecule has 0 saturated heterocycles. The van der Waals surface area contributed by atoms with Crippen LogP contribution in [0.4, 0.5) is 0 Å². The summed E-state index contributed by atoms with van der Waals surface area (Å²) in [4.78, 5) is 55.6. The van der Waals surface area contributed by atoms with E-state index < -0.39 is 0 Å². The minimum absolute atomic E-state index is 0. The number of rotatable bonds is 10. The largest absolute Gasteiger partial charge is 0.265 e. The lowest BCUT2D eigenvalue weighted by Gasteiger charge is -2.01. The van der Waals surface area contributed by atoms with Crippen LogP contribution in [0.5, 0.6) is 0 Å². The first-order valence-electron chi connectivity index (χ1n) is 40.7. The Balaban J connectivity index is -0.000000108. The van der Waals surface area contributed by atoms with E-state index in [1.165, 1.54) is 30.1 Å². The Morgan fingerprint density at radius 2 is 0.577 bits per heavy atom. The summed E-state index contributed by atoms with van der Waals surface area (Å²) < 4.78 is 0. The van der Waals surface area contributed by atoms with Crippen molar-refractivity contribution in [1.29, 1.82) is 0 Å². The van der Waals surface area contributed by atoms with Gasteiger partial charge in [0.2, 0.25) is 0 Å². The van der Waals surface area contributed by atoms with Gasteiger partial charge in [-0.15, -0.1) is 10.2 Å². The van der Waals surface area contributed by atoms with Crippen LogP contribution >= 0.6 is 0 Å². The Bertz CT molecular complexity index is 2420. The highest BCUT2D eigenvalue weighted by Crippen LogP contribution is 2.14. The van der Waals surface area contributed by atoms with Gasteiger partial charge in [0.25, 0.3) is 0 Å². The molecular weight excluding hydrogens is 1370 g/mol. The van der Waals surface area contributed by atoms with E-state index in [0.717, 1.165) is 45.9 Å². The third-order valence-corrected chi connectivity index (χ3v) is 11.8. The Morgan fingerprint density at radius 1 is 0.189 bits per heavy atom. The highest BCUT2D eigenvalue weighted by atomic mass is 15.1. The van der Waals surface area contributed by atoms with Gasteiger partial charge >= 0.3 is 0 Å². The quantitative estimate of drug-likeness (QED) is 0.123. The standard InChI is InChI=1S/3C8H11N.4C7H10N2.3C6H9N3.10C2H6.CH4/c1-7(2)8-3-5-9-6-4-8;1-7(2)8-4-3-5-9-6-8;1-7(2)8-5-3-4-6-9-8;1-6(2)7-5-8-3-4-9-7;1-6(2)7-3-4-8-5-9-7;1-6(2)7-8-4-3-5-9-7;1-6(2)7-4-3-5-8-9-7;1-5(2)6-8-3-7-4-9-6;1-5(2)6-3-7-4-8-9-6;1-5(2)6-7-3-4-8-9-6;10*1-2;/h3*3-7H,1-2H3;4*3-6H,1-2H3;3*3-5H,1-2H3;10*1-2H3;1H4. The second-order valence-corrected chi connectivity index (χ2v) is 22.9. The summed E-state index contributed by atoms with van der Waals surface area (Å²) in [7, 11) is 0. The molecule has 0 aliphatic carbocycles. The fourth-order valence-corrected chi connectivity index (χ4v) is 6.26. The third-order valence-electron chi connectivity index (χ3n) is 11.8. The highest BCUT2D eigenvalue weighted by molar-refractivity contribution is 5.14. The molecular formula is C91H164N20. The molecule has 0 atom stereocenters. The van der Waals surface area contributed by atoms with Crippen molar-refractivity contribution in [3.63, 3.8) is 0 Å². The lowest BCUT2D eigenvalue weighted by Crippen LogP contribution is -1.96. The van der Waals surface area contributed by atoms with Crippen LogP contribution in [0.15, 0.2) is 185 Å². The van der Waals surface area contributed by atoms with Gasteiger partial charge in [-0.25, -0.2) is 44.9 Å². The summed E-state index contributed by atoms with van der Waals surface area (Å²) in [5, 5.41) is 22.7. The molecule has 20 nitrogen and oxygen atoms in total. The van der Waals surface area contributed by atoms with Crippen LogP contribution in [-0.4, -0.2) is 100 Å². The smallest absolute Gasteiger partial charge is 0.153 e. The third kappa shape index (κ3) is 80.1. The SMILES string of the molecule is C.CC.CC.CC.CC.CC.CC.CC.CC.CC.CC.CC(C)c1ccccn1.CC(C)c1cccnc1.CC(C)c1cccnn1.CC(C)c1ccncc1.CC(C)c1ccncn1.CC(C)c1cnccn1.CC(C)c1cncnn1.CC(C)c1ncccn1.CC(C)c1nccnn1.CC(C)c1ncncn1. The average Bonchev–Trinajstić information content (AvgIpc) is 1.12. The normalized spacial score (nSPS) is 8.74. The topological polar surface area (TPSA) is 258 Å². The van der Waals surface area contributed by atoms with Crippen molar-refractivity contribution in [2.45, 2.75) is 344 Å². The average molecular weight is 1540 g/mol. The molecule has 0 fully saturated rings. The van der Waals surface area contributed by atoms with Crippen LogP contribution in [-0.2, 0) is 0 Å². The van der Waals surface area contributed by atoms with Gasteiger partial charge in [0.05, 0.1) is 29.5 Å². The first kappa shape index (κ1) is 125. The van der Waals surface area contributed by atoms with Gasteiger partial charge in [0.15, 0.2) is 5.82 Å². The molecule has 0 amide bonds. The van der Waals surface area contributed by atoms with Crippen LogP contribution in [0, 0.1) is 0 Å². The van der Waals surface area contributed by atoms with E-state index >= 15 is 0 Å². The van der Waals surface area contributed by atoms with Gasteiger partial charge in [-0.2, -0.15) is 20.4 Å². The predicted octanol–water partition coefficient (Wildman–Crippen LogP) is 26.9. The number of pyridine rings is 3. The molecule has 0 saturated carbocycles. The van der Waals surface area contributed by atoms with Crippen LogP contribution in [0.1, 0.15) is 401 Å². The molecule has 0 aliphatic heterocycles. The fraction of sp³-hybridized carbons (Fsp3) is 0.560.